The van der Waals surface area contributed by atoms with Crippen molar-refractivity contribution in [1.29, 1.82) is 0 Å². The van der Waals surface area contributed by atoms with Gasteiger partial charge in [0.15, 0.2) is 0 Å². The molecule has 1 fully saturated rings. The zero-order valence-corrected chi connectivity index (χ0v) is 17.3. The van der Waals surface area contributed by atoms with Crippen LogP contribution in [0.3, 0.4) is 0 Å². The van der Waals surface area contributed by atoms with E-state index in [1.165, 1.54) is 24.6 Å². The molecule has 0 radical (unpaired) electrons. The summed E-state index contributed by atoms with van der Waals surface area (Å²) in [4.78, 5) is 45.0. The first-order valence-corrected chi connectivity index (χ1v) is 10.1. The van der Waals surface area contributed by atoms with Crippen molar-refractivity contribution < 1.29 is 14.3 Å². The Hall–Kier alpha value is -3.00. The topological polar surface area (TPSA) is 84.7 Å². The monoisotopic (exact) mass is 410 g/mol. The number of likely N-dealkylation sites (N-methyl/N-ethyl adjacent to an activating group) is 1. The summed E-state index contributed by atoms with van der Waals surface area (Å²) in [7, 11) is 2.76. The van der Waals surface area contributed by atoms with E-state index in [4.69, 9.17) is 0 Å². The van der Waals surface area contributed by atoms with Gasteiger partial charge in [0.1, 0.15) is 12.1 Å². The Morgan fingerprint density at radius 1 is 1.17 bits per heavy atom. The molecule has 0 saturated carbocycles. The molecule has 4 heterocycles. The van der Waals surface area contributed by atoms with E-state index in [1.807, 2.05) is 30.6 Å². The second kappa shape index (κ2) is 8.39. The zero-order chi connectivity index (χ0) is 21.3. The van der Waals surface area contributed by atoms with Crippen LogP contribution in [0.4, 0.5) is 0 Å². The predicted molar refractivity (Wildman–Crippen MR) is 110 cm³/mol. The molecule has 1 saturated heterocycles. The fourth-order valence-corrected chi connectivity index (χ4v) is 4.62. The Balaban J connectivity index is 1.54. The van der Waals surface area contributed by atoms with Crippen LogP contribution in [0, 0.1) is 5.92 Å². The minimum absolute atomic E-state index is 0.0961. The summed E-state index contributed by atoms with van der Waals surface area (Å²) in [5.74, 6) is -0.346. The molecule has 0 aromatic carbocycles. The number of amides is 1. The highest BCUT2D eigenvalue weighted by atomic mass is 16.5. The van der Waals surface area contributed by atoms with Gasteiger partial charge in [-0.1, -0.05) is 0 Å². The lowest BCUT2D eigenvalue weighted by Gasteiger charge is -2.43. The van der Waals surface area contributed by atoms with Crippen molar-refractivity contribution in [3.63, 3.8) is 0 Å². The van der Waals surface area contributed by atoms with Crippen LogP contribution >= 0.6 is 0 Å². The quantitative estimate of drug-likeness (QED) is 0.687. The molecule has 0 N–H and O–H groups in total. The van der Waals surface area contributed by atoms with E-state index in [-0.39, 0.29) is 23.6 Å². The van der Waals surface area contributed by atoms with E-state index in [0.717, 1.165) is 31.7 Å². The first-order valence-electron chi connectivity index (χ1n) is 10.1. The molecule has 0 aliphatic carbocycles. The average molecular weight is 410 g/mol. The van der Waals surface area contributed by atoms with Gasteiger partial charge < -0.3 is 14.2 Å². The van der Waals surface area contributed by atoms with Gasteiger partial charge in [-0.2, -0.15) is 0 Å². The summed E-state index contributed by atoms with van der Waals surface area (Å²) in [6, 6.07) is 7.57. The molecule has 0 unspecified atom stereocenters. The number of likely N-dealkylation sites (tertiary alicyclic amines) is 1. The molecule has 0 spiro atoms. The fraction of sp³-hybridized carbons (Fsp3) is 0.455. The van der Waals surface area contributed by atoms with Gasteiger partial charge in [0.25, 0.3) is 11.5 Å². The lowest BCUT2D eigenvalue weighted by Crippen LogP contribution is -2.48. The van der Waals surface area contributed by atoms with Crippen LogP contribution in [0.15, 0.2) is 41.5 Å². The molecule has 2 aliphatic heterocycles. The molecular formula is C22H26N4O4. The largest absolute Gasteiger partial charge is 0.468 e. The number of nitrogens with zero attached hydrogens (tertiary/aromatic N) is 4. The number of aromatic nitrogens is 2. The first-order chi connectivity index (χ1) is 14.5. The van der Waals surface area contributed by atoms with Gasteiger partial charge in [-0.3, -0.25) is 24.3 Å². The number of esters is 1. The number of rotatable bonds is 5. The molecule has 2 atom stereocenters. The lowest BCUT2D eigenvalue weighted by atomic mass is 9.82. The van der Waals surface area contributed by atoms with Crippen LogP contribution in [-0.2, 0) is 22.6 Å². The zero-order valence-electron chi connectivity index (χ0n) is 17.3. The molecule has 2 aromatic heterocycles. The van der Waals surface area contributed by atoms with Crippen molar-refractivity contribution in [3.8, 4) is 0 Å². The SMILES string of the molecule is COC(=O)CN(C)C(=O)c1ccc2n(c1=O)C[C@H]1C[C@@H]2CN(Cc2ccncc2)C1. The van der Waals surface area contributed by atoms with Crippen LogP contribution in [-0.4, -0.2) is 65.0 Å². The number of carbonyl (C=O) groups is 2. The maximum atomic E-state index is 13.1. The molecule has 2 aromatic rings. The van der Waals surface area contributed by atoms with Gasteiger partial charge in [0.2, 0.25) is 0 Å². The number of carbonyl (C=O) groups excluding carboxylic acids is 2. The van der Waals surface area contributed by atoms with Crippen LogP contribution in [0.1, 0.15) is 34.0 Å². The molecule has 2 bridgehead atoms. The molecule has 8 heteroatoms. The van der Waals surface area contributed by atoms with Gasteiger partial charge in [-0.15, -0.1) is 0 Å². The van der Waals surface area contributed by atoms with Crippen LogP contribution in [0.2, 0.25) is 0 Å². The van der Waals surface area contributed by atoms with Crippen LogP contribution in [0.5, 0.6) is 0 Å². The van der Waals surface area contributed by atoms with Crippen molar-refractivity contribution in [3.05, 3.63) is 63.8 Å². The van der Waals surface area contributed by atoms with Crippen LogP contribution < -0.4 is 5.56 Å². The van der Waals surface area contributed by atoms with E-state index in [9.17, 15) is 14.4 Å². The smallest absolute Gasteiger partial charge is 0.325 e. The van der Waals surface area contributed by atoms with Crippen molar-refractivity contribution >= 4 is 11.9 Å². The summed E-state index contributed by atoms with van der Waals surface area (Å²) < 4.78 is 6.37. The number of fused-ring (bicyclic) bond motifs is 4. The number of hydrogen-bond donors (Lipinski definition) is 0. The third-order valence-corrected chi connectivity index (χ3v) is 6.01. The Morgan fingerprint density at radius 3 is 2.67 bits per heavy atom. The third-order valence-electron chi connectivity index (χ3n) is 6.01. The van der Waals surface area contributed by atoms with Crippen molar-refractivity contribution in [1.82, 2.24) is 19.4 Å². The number of methoxy groups -OCH3 is 1. The fourth-order valence-electron chi connectivity index (χ4n) is 4.62. The van der Waals surface area contributed by atoms with E-state index in [0.29, 0.717) is 12.5 Å². The maximum absolute atomic E-state index is 13.1. The van der Waals surface area contributed by atoms with Gasteiger partial charge in [0.05, 0.1) is 7.11 Å². The van der Waals surface area contributed by atoms with Crippen molar-refractivity contribution in [2.45, 2.75) is 25.4 Å². The summed E-state index contributed by atoms with van der Waals surface area (Å²) >= 11 is 0. The molecule has 30 heavy (non-hydrogen) atoms. The van der Waals surface area contributed by atoms with Gasteiger partial charge in [-0.25, -0.2) is 0 Å². The molecule has 2 aliphatic rings. The molecule has 158 valence electrons. The van der Waals surface area contributed by atoms with Gasteiger partial charge in [0, 0.05) is 57.2 Å². The highest BCUT2D eigenvalue weighted by Crippen LogP contribution is 2.35. The maximum Gasteiger partial charge on any atom is 0.325 e. The Labute approximate surface area is 175 Å². The molecule has 8 nitrogen and oxygen atoms in total. The number of piperidine rings is 1. The second-order valence-corrected chi connectivity index (χ2v) is 8.17. The number of pyridine rings is 2. The highest BCUT2D eigenvalue weighted by Gasteiger charge is 2.35. The second-order valence-electron chi connectivity index (χ2n) is 8.17. The predicted octanol–water partition coefficient (Wildman–Crippen LogP) is 1.11. The van der Waals surface area contributed by atoms with E-state index in [2.05, 4.69) is 14.6 Å². The summed E-state index contributed by atoms with van der Waals surface area (Å²) in [5.41, 5.74) is 2.05. The van der Waals surface area contributed by atoms with Crippen LogP contribution in [0.25, 0.3) is 0 Å². The lowest BCUT2D eigenvalue weighted by molar-refractivity contribution is -0.141. The average Bonchev–Trinajstić information content (AvgIpc) is 2.74. The molecular weight excluding hydrogens is 384 g/mol. The Bertz CT molecular complexity index is 1000. The highest BCUT2D eigenvalue weighted by molar-refractivity contribution is 5.95. The van der Waals surface area contributed by atoms with Gasteiger partial charge in [-0.05, 0) is 42.2 Å². The minimum Gasteiger partial charge on any atom is -0.468 e. The summed E-state index contributed by atoms with van der Waals surface area (Å²) in [6.07, 6.45) is 4.68. The third kappa shape index (κ3) is 4.00. The van der Waals surface area contributed by atoms with E-state index < -0.39 is 11.9 Å². The minimum atomic E-state index is -0.521. The number of hydrogen-bond acceptors (Lipinski definition) is 6. The Kier molecular flexibility index (Phi) is 5.67. The van der Waals surface area contributed by atoms with Gasteiger partial charge >= 0.3 is 5.97 Å². The van der Waals surface area contributed by atoms with E-state index >= 15 is 0 Å². The first kappa shape index (κ1) is 20.3. The standard InChI is InChI=1S/C22H26N4O4/c1-24(14-20(27)30-2)21(28)18-3-4-19-17-9-16(12-26(19)22(18)29)11-25(13-17)10-15-5-7-23-8-6-15/h3-8,16-17H,9-14H2,1-2H3/t16-,17+/m0/s1. The molecule has 4 rings (SSSR count). The summed E-state index contributed by atoms with van der Waals surface area (Å²) in [5, 5.41) is 0. The Morgan fingerprint density at radius 2 is 1.93 bits per heavy atom. The van der Waals surface area contributed by atoms with E-state index in [1.54, 1.807) is 10.6 Å². The number of ether oxygens (including phenoxy) is 1. The normalized spacial score (nSPS) is 20.3. The van der Waals surface area contributed by atoms with Crippen molar-refractivity contribution in [2.24, 2.45) is 5.92 Å². The molecule has 1 amide bonds. The van der Waals surface area contributed by atoms with Crippen molar-refractivity contribution in [2.75, 3.05) is 33.8 Å². The summed E-state index contributed by atoms with van der Waals surface area (Å²) in [6.45, 7) is 3.10.